The summed E-state index contributed by atoms with van der Waals surface area (Å²) in [6.45, 7) is 5.14. The molecule has 22 heavy (non-hydrogen) atoms. The topological polar surface area (TPSA) is 29.3 Å². The van der Waals surface area contributed by atoms with Crippen molar-refractivity contribution in [1.29, 1.82) is 0 Å². The van der Waals surface area contributed by atoms with E-state index in [2.05, 4.69) is 48.2 Å². The molecule has 0 spiro atoms. The van der Waals surface area contributed by atoms with Gasteiger partial charge in [0.2, 0.25) is 0 Å². The maximum absolute atomic E-state index is 6.30. The molecule has 3 rings (SSSR count). The molecule has 0 saturated carbocycles. The van der Waals surface area contributed by atoms with Crippen molar-refractivity contribution in [2.24, 2.45) is 5.73 Å². The van der Waals surface area contributed by atoms with Gasteiger partial charge in [0.05, 0.1) is 0 Å². The van der Waals surface area contributed by atoms with Gasteiger partial charge >= 0.3 is 0 Å². The molecule has 0 radical (unpaired) electrons. The van der Waals surface area contributed by atoms with Gasteiger partial charge in [-0.25, -0.2) is 0 Å². The van der Waals surface area contributed by atoms with E-state index in [1.54, 1.807) is 0 Å². The van der Waals surface area contributed by atoms with E-state index < -0.39 is 0 Å². The van der Waals surface area contributed by atoms with Crippen molar-refractivity contribution in [3.05, 3.63) is 70.2 Å². The number of nitrogens with two attached hydrogens (primary N) is 1. The fourth-order valence-electron chi connectivity index (χ4n) is 3.41. The molecule has 116 valence electrons. The molecule has 2 aromatic rings. The first kappa shape index (κ1) is 15.5. The molecule has 1 fully saturated rings. The molecule has 0 amide bonds. The van der Waals surface area contributed by atoms with Gasteiger partial charge in [0.1, 0.15) is 0 Å². The van der Waals surface area contributed by atoms with Crippen LogP contribution in [0.4, 0.5) is 0 Å². The Hall–Kier alpha value is -1.35. The second-order valence-electron chi connectivity index (χ2n) is 6.43. The number of hydrogen-bond acceptors (Lipinski definition) is 2. The van der Waals surface area contributed by atoms with Crippen LogP contribution in [0.25, 0.3) is 0 Å². The Morgan fingerprint density at radius 3 is 2.64 bits per heavy atom. The van der Waals surface area contributed by atoms with Crippen molar-refractivity contribution in [3.8, 4) is 0 Å². The Morgan fingerprint density at radius 2 is 1.91 bits per heavy atom. The monoisotopic (exact) mass is 314 g/mol. The predicted molar refractivity (Wildman–Crippen MR) is 93.2 cm³/mol. The Labute approximate surface area is 137 Å². The average Bonchev–Trinajstić information content (AvgIpc) is 2.47. The smallest absolute Gasteiger partial charge is 0.0406 e. The minimum absolute atomic E-state index is 0.235. The first-order valence-electron chi connectivity index (χ1n) is 7.89. The second kappa shape index (κ2) is 6.82. The van der Waals surface area contributed by atoms with E-state index in [0.29, 0.717) is 5.92 Å². The molecule has 0 bridgehead atoms. The number of likely N-dealkylation sites (tertiary alicyclic amines) is 1. The summed E-state index contributed by atoms with van der Waals surface area (Å²) in [6, 6.07) is 17.2. The van der Waals surface area contributed by atoms with Crippen LogP contribution in [0.1, 0.15) is 29.0 Å². The molecule has 2 N–H and O–H groups in total. The van der Waals surface area contributed by atoms with Crippen LogP contribution in [0, 0.1) is 6.92 Å². The number of nitrogens with zero attached hydrogens (tertiary/aromatic N) is 1. The summed E-state index contributed by atoms with van der Waals surface area (Å²) >= 11 is 5.99. The summed E-state index contributed by atoms with van der Waals surface area (Å²) in [5, 5.41) is 0.792. The molecular formula is C19H23ClN2. The van der Waals surface area contributed by atoms with E-state index in [4.69, 9.17) is 17.3 Å². The lowest BCUT2D eigenvalue weighted by molar-refractivity contribution is 0.181. The van der Waals surface area contributed by atoms with E-state index in [9.17, 15) is 0 Å². The molecule has 2 unspecified atom stereocenters. The minimum Gasteiger partial charge on any atom is -0.327 e. The summed E-state index contributed by atoms with van der Waals surface area (Å²) in [4.78, 5) is 2.47. The van der Waals surface area contributed by atoms with E-state index >= 15 is 0 Å². The molecule has 0 aromatic heterocycles. The van der Waals surface area contributed by atoms with Gasteiger partial charge in [0, 0.05) is 30.7 Å². The van der Waals surface area contributed by atoms with Gasteiger partial charge in [-0.2, -0.15) is 0 Å². The van der Waals surface area contributed by atoms with Gasteiger partial charge in [-0.15, -0.1) is 0 Å². The molecule has 0 aliphatic carbocycles. The summed E-state index contributed by atoms with van der Waals surface area (Å²) in [5.74, 6) is 0.492. The van der Waals surface area contributed by atoms with E-state index in [-0.39, 0.29) is 6.04 Å². The maximum atomic E-state index is 6.30. The third-order valence-corrected chi connectivity index (χ3v) is 4.64. The molecule has 3 heteroatoms. The van der Waals surface area contributed by atoms with Gasteiger partial charge in [-0.3, -0.25) is 4.90 Å². The largest absolute Gasteiger partial charge is 0.327 e. The summed E-state index contributed by atoms with van der Waals surface area (Å²) < 4.78 is 0. The van der Waals surface area contributed by atoms with Crippen LogP contribution in [-0.4, -0.2) is 24.0 Å². The number of hydrogen-bond donors (Lipinski definition) is 1. The molecule has 1 aliphatic heterocycles. The van der Waals surface area contributed by atoms with E-state index in [1.165, 1.54) is 16.7 Å². The van der Waals surface area contributed by atoms with E-state index in [1.807, 2.05) is 12.1 Å². The lowest BCUT2D eigenvalue weighted by Gasteiger charge is -2.36. The van der Waals surface area contributed by atoms with Crippen molar-refractivity contribution < 1.29 is 0 Å². The van der Waals surface area contributed by atoms with Gasteiger partial charge in [-0.1, -0.05) is 53.6 Å². The number of halogens is 1. The SMILES string of the molecule is Cc1cccc(CN2CC(N)CC(c3ccc(Cl)cc3)C2)c1. The van der Waals surface area contributed by atoms with Crippen molar-refractivity contribution >= 4 is 11.6 Å². The zero-order valence-electron chi connectivity index (χ0n) is 13.0. The van der Waals surface area contributed by atoms with Crippen LogP contribution < -0.4 is 5.73 Å². The number of aryl methyl sites for hydroxylation is 1. The summed E-state index contributed by atoms with van der Waals surface area (Å²) in [7, 11) is 0. The zero-order chi connectivity index (χ0) is 15.5. The van der Waals surface area contributed by atoms with Crippen LogP contribution in [0.5, 0.6) is 0 Å². The van der Waals surface area contributed by atoms with Gasteiger partial charge in [0.15, 0.2) is 0 Å². The van der Waals surface area contributed by atoms with Crippen LogP contribution in [0.2, 0.25) is 5.02 Å². The Bertz CT molecular complexity index is 624. The Balaban J connectivity index is 1.72. The van der Waals surface area contributed by atoms with Gasteiger partial charge < -0.3 is 5.73 Å². The Morgan fingerprint density at radius 1 is 1.14 bits per heavy atom. The Kier molecular flexibility index (Phi) is 4.82. The second-order valence-corrected chi connectivity index (χ2v) is 6.86. The maximum Gasteiger partial charge on any atom is 0.0406 e. The molecular weight excluding hydrogens is 292 g/mol. The van der Waals surface area contributed by atoms with Crippen molar-refractivity contribution in [1.82, 2.24) is 4.90 Å². The van der Waals surface area contributed by atoms with Crippen LogP contribution in [0.3, 0.4) is 0 Å². The van der Waals surface area contributed by atoms with Crippen LogP contribution >= 0.6 is 11.6 Å². The highest BCUT2D eigenvalue weighted by atomic mass is 35.5. The highest BCUT2D eigenvalue weighted by Gasteiger charge is 2.26. The third-order valence-electron chi connectivity index (χ3n) is 4.39. The molecule has 2 aromatic carbocycles. The fraction of sp³-hybridized carbons (Fsp3) is 0.368. The number of benzene rings is 2. The van der Waals surface area contributed by atoms with Gasteiger partial charge in [0.25, 0.3) is 0 Å². The molecule has 2 nitrogen and oxygen atoms in total. The molecule has 1 aliphatic rings. The summed E-state index contributed by atoms with van der Waals surface area (Å²) in [5.41, 5.74) is 10.3. The molecule has 1 saturated heterocycles. The highest BCUT2D eigenvalue weighted by molar-refractivity contribution is 6.30. The third kappa shape index (κ3) is 3.89. The first-order chi connectivity index (χ1) is 10.6. The predicted octanol–water partition coefficient (Wildman–Crippen LogP) is 3.97. The summed E-state index contributed by atoms with van der Waals surface area (Å²) in [6.07, 6.45) is 1.05. The van der Waals surface area contributed by atoms with Crippen LogP contribution in [-0.2, 0) is 6.54 Å². The first-order valence-corrected chi connectivity index (χ1v) is 8.27. The lowest BCUT2D eigenvalue weighted by atomic mass is 9.88. The average molecular weight is 315 g/mol. The van der Waals surface area contributed by atoms with Crippen molar-refractivity contribution in [2.75, 3.05) is 13.1 Å². The van der Waals surface area contributed by atoms with Crippen molar-refractivity contribution in [2.45, 2.75) is 31.8 Å². The van der Waals surface area contributed by atoms with Gasteiger partial charge in [-0.05, 0) is 42.5 Å². The highest BCUT2D eigenvalue weighted by Crippen LogP contribution is 2.28. The lowest BCUT2D eigenvalue weighted by Crippen LogP contribution is -2.45. The minimum atomic E-state index is 0.235. The van der Waals surface area contributed by atoms with Crippen LogP contribution in [0.15, 0.2) is 48.5 Å². The normalized spacial score (nSPS) is 22.7. The van der Waals surface area contributed by atoms with Crippen molar-refractivity contribution in [3.63, 3.8) is 0 Å². The molecule has 2 atom stereocenters. The fourth-order valence-corrected chi connectivity index (χ4v) is 3.53. The number of piperidine rings is 1. The van der Waals surface area contributed by atoms with E-state index in [0.717, 1.165) is 31.1 Å². The zero-order valence-corrected chi connectivity index (χ0v) is 13.8. The standard InChI is InChI=1S/C19H23ClN2/c1-14-3-2-4-15(9-14)11-22-12-17(10-19(21)13-22)16-5-7-18(20)8-6-16/h2-9,17,19H,10-13,21H2,1H3. The number of rotatable bonds is 3. The molecule has 1 heterocycles. The quantitative estimate of drug-likeness (QED) is 0.929.